The molecule has 0 N–H and O–H groups in total. The van der Waals surface area contributed by atoms with E-state index in [4.69, 9.17) is 0 Å². The Morgan fingerprint density at radius 3 is 2.41 bits per heavy atom. The van der Waals surface area contributed by atoms with Gasteiger partial charge < -0.3 is 4.90 Å². The van der Waals surface area contributed by atoms with Gasteiger partial charge in [-0.2, -0.15) is 0 Å². The van der Waals surface area contributed by atoms with Gasteiger partial charge in [0.15, 0.2) is 0 Å². The highest BCUT2D eigenvalue weighted by Crippen LogP contribution is 2.17. The number of imide groups is 1. The number of likely N-dealkylation sites (N-methyl/N-ethyl adjacent to an activating group) is 3. The topological polar surface area (TPSA) is 62.5 Å². The van der Waals surface area contributed by atoms with Gasteiger partial charge in [-0.15, -0.1) is 0 Å². The molecule has 0 radical (unpaired) electrons. The molecule has 8 heteroatoms. The second-order valence-electron chi connectivity index (χ2n) is 5.95. The molecule has 0 aromatic heterocycles. The molecule has 3 aliphatic rings. The minimum Gasteiger partial charge on any atom is -0.301 e. The zero-order chi connectivity index (χ0) is 15.9. The van der Waals surface area contributed by atoms with E-state index < -0.39 is 6.04 Å². The van der Waals surface area contributed by atoms with Gasteiger partial charge in [-0.05, 0) is 11.5 Å². The third-order valence-electron chi connectivity index (χ3n) is 4.67. The number of hydrogen-bond donors (Lipinski definition) is 0. The molecular weight excluding hydrogens is 284 g/mol. The van der Waals surface area contributed by atoms with Crippen LogP contribution in [0.3, 0.4) is 0 Å². The lowest BCUT2D eigenvalue weighted by Crippen LogP contribution is -2.62. The number of hydrogen-bond acceptors (Lipinski definition) is 5. The molecule has 3 rings (SSSR count). The van der Waals surface area contributed by atoms with Crippen LogP contribution in [0.4, 0.5) is 4.79 Å². The Morgan fingerprint density at radius 1 is 1.14 bits per heavy atom. The fraction of sp³-hybridized carbons (Fsp3) is 0.714. The summed E-state index contributed by atoms with van der Waals surface area (Å²) >= 11 is 0. The summed E-state index contributed by atoms with van der Waals surface area (Å²) in [6.07, 6.45) is 1.69. The van der Waals surface area contributed by atoms with Gasteiger partial charge in [0.25, 0.3) is 24.1 Å². The lowest BCUT2D eigenvalue weighted by Gasteiger charge is -2.35. The first-order chi connectivity index (χ1) is 10.5. The Balaban J connectivity index is 1.68. The van der Waals surface area contributed by atoms with Gasteiger partial charge >= 0.3 is 6.03 Å². The highest BCUT2D eigenvalue weighted by molar-refractivity contribution is 6.21. The van der Waals surface area contributed by atoms with Crippen molar-refractivity contribution in [3.05, 3.63) is 0 Å². The quantitative estimate of drug-likeness (QED) is 0.623. The van der Waals surface area contributed by atoms with Gasteiger partial charge in [0.2, 0.25) is 0 Å². The molecular formula is C14H23N6O2+. The molecule has 0 aromatic carbocycles. The fourth-order valence-corrected chi connectivity index (χ4v) is 3.14. The van der Waals surface area contributed by atoms with Crippen molar-refractivity contribution in [1.82, 2.24) is 19.6 Å². The maximum Gasteiger partial charge on any atom is 0.333 e. The zero-order valence-corrected chi connectivity index (χ0v) is 13.4. The molecule has 22 heavy (non-hydrogen) atoms. The predicted molar refractivity (Wildman–Crippen MR) is 82.0 cm³/mol. The van der Waals surface area contributed by atoms with Gasteiger partial charge in [0.1, 0.15) is 6.67 Å². The number of carbonyl (C=O) groups excluding carboxylic acids is 2. The maximum atomic E-state index is 12.4. The Morgan fingerprint density at radius 2 is 1.77 bits per heavy atom. The molecule has 0 bridgehead atoms. The molecule has 8 nitrogen and oxygen atoms in total. The maximum absolute atomic E-state index is 12.4. The van der Waals surface area contributed by atoms with Crippen molar-refractivity contribution in [2.24, 2.45) is 4.99 Å². The van der Waals surface area contributed by atoms with E-state index in [-0.39, 0.29) is 11.9 Å². The number of aliphatic imine (C=N–C) groups is 1. The number of nitrogens with zero attached hydrogens (tertiary/aromatic N) is 6. The van der Waals surface area contributed by atoms with E-state index >= 15 is 0 Å². The van der Waals surface area contributed by atoms with Crippen LogP contribution in [0.25, 0.3) is 0 Å². The molecule has 3 aliphatic heterocycles. The first-order valence-electron chi connectivity index (χ1n) is 7.69. The summed E-state index contributed by atoms with van der Waals surface area (Å²) in [5.41, 5.74) is 0. The average Bonchev–Trinajstić information content (AvgIpc) is 2.95. The summed E-state index contributed by atoms with van der Waals surface area (Å²) in [7, 11) is 3.18. The number of fused-ring (bicyclic) bond motifs is 1. The van der Waals surface area contributed by atoms with Crippen molar-refractivity contribution in [2.75, 3.05) is 53.5 Å². The molecule has 2 saturated heterocycles. The largest absolute Gasteiger partial charge is 0.333 e. The van der Waals surface area contributed by atoms with E-state index in [2.05, 4.69) is 21.7 Å². The van der Waals surface area contributed by atoms with Gasteiger partial charge in [0, 0.05) is 40.3 Å². The van der Waals surface area contributed by atoms with E-state index in [9.17, 15) is 9.59 Å². The van der Waals surface area contributed by atoms with Crippen LogP contribution in [-0.2, 0) is 4.79 Å². The third kappa shape index (κ3) is 2.42. The van der Waals surface area contributed by atoms with Crippen LogP contribution in [0.2, 0.25) is 0 Å². The fourth-order valence-electron chi connectivity index (χ4n) is 3.14. The Kier molecular flexibility index (Phi) is 3.96. The standard InChI is InChI=1S/C14H23N6O2/c1-4-18-5-7-19(8-6-18)10-20-9-15-12-11(20)13(21)17(3)14(22)16(12)2/h9,11H,4-8,10H2,1-3H3/q+1. The van der Waals surface area contributed by atoms with Gasteiger partial charge in [-0.3, -0.25) is 19.5 Å². The normalized spacial score (nSPS) is 27.1. The van der Waals surface area contributed by atoms with Crippen molar-refractivity contribution < 1.29 is 14.2 Å². The minimum atomic E-state index is -0.475. The number of amidine groups is 1. The molecule has 1 unspecified atom stereocenters. The SMILES string of the molecule is CCN1CCN(C[N+]2=CN=C3C2C(=O)N(C)C(=O)N3C)CC1. The summed E-state index contributed by atoms with van der Waals surface area (Å²) in [5.74, 6) is 0.322. The first-order valence-corrected chi connectivity index (χ1v) is 7.69. The van der Waals surface area contributed by atoms with E-state index in [1.807, 2.05) is 4.58 Å². The monoisotopic (exact) mass is 307 g/mol. The molecule has 3 heterocycles. The molecule has 1 atom stereocenters. The van der Waals surface area contributed by atoms with Crippen molar-refractivity contribution >= 4 is 24.1 Å². The average molecular weight is 307 g/mol. The molecule has 2 fully saturated rings. The summed E-state index contributed by atoms with van der Waals surface area (Å²) in [6.45, 7) is 7.99. The lowest BCUT2D eigenvalue weighted by molar-refractivity contribution is -0.552. The van der Waals surface area contributed by atoms with Crippen molar-refractivity contribution in [3.8, 4) is 0 Å². The third-order valence-corrected chi connectivity index (χ3v) is 4.67. The number of piperazine rings is 1. The van der Waals surface area contributed by atoms with Crippen LogP contribution in [-0.4, -0.2) is 108 Å². The molecule has 0 aliphatic carbocycles. The highest BCUT2D eigenvalue weighted by atomic mass is 16.2. The molecule has 0 spiro atoms. The van der Waals surface area contributed by atoms with Gasteiger partial charge in [0.05, 0.1) is 0 Å². The van der Waals surface area contributed by atoms with Crippen LogP contribution in [0.1, 0.15) is 6.92 Å². The zero-order valence-electron chi connectivity index (χ0n) is 13.4. The van der Waals surface area contributed by atoms with Crippen LogP contribution in [0, 0.1) is 0 Å². The summed E-state index contributed by atoms with van der Waals surface area (Å²) in [6, 6.07) is -0.802. The number of urea groups is 1. The summed E-state index contributed by atoms with van der Waals surface area (Å²) in [4.78, 5) is 36.0. The van der Waals surface area contributed by atoms with Crippen molar-refractivity contribution in [1.29, 1.82) is 0 Å². The smallest absolute Gasteiger partial charge is 0.301 e. The summed E-state index contributed by atoms with van der Waals surface area (Å²) in [5, 5.41) is 0. The van der Waals surface area contributed by atoms with Crippen molar-refractivity contribution in [2.45, 2.75) is 13.0 Å². The first kappa shape index (κ1) is 15.1. The Labute approximate surface area is 130 Å². The van der Waals surface area contributed by atoms with Crippen LogP contribution >= 0.6 is 0 Å². The molecule has 3 amide bonds. The molecule has 0 aromatic rings. The predicted octanol–water partition coefficient (Wildman–Crippen LogP) is -1.07. The number of rotatable bonds is 3. The number of amides is 3. The Bertz CT molecular complexity index is 550. The second-order valence-corrected chi connectivity index (χ2v) is 5.95. The number of carbonyl (C=O) groups is 2. The minimum absolute atomic E-state index is 0.206. The second kappa shape index (κ2) is 5.77. The van der Waals surface area contributed by atoms with Gasteiger partial charge in [-0.1, -0.05) is 6.92 Å². The van der Waals surface area contributed by atoms with E-state index in [0.29, 0.717) is 12.5 Å². The molecule has 0 saturated carbocycles. The van der Waals surface area contributed by atoms with Crippen LogP contribution in [0.15, 0.2) is 4.99 Å². The van der Waals surface area contributed by atoms with Crippen LogP contribution in [0.5, 0.6) is 0 Å². The van der Waals surface area contributed by atoms with Crippen LogP contribution < -0.4 is 0 Å². The van der Waals surface area contributed by atoms with Gasteiger partial charge in [-0.25, -0.2) is 9.37 Å². The van der Waals surface area contributed by atoms with E-state index in [1.165, 1.54) is 16.8 Å². The highest BCUT2D eigenvalue weighted by Gasteiger charge is 2.50. The lowest BCUT2D eigenvalue weighted by atomic mass is 10.1. The van der Waals surface area contributed by atoms with Crippen molar-refractivity contribution in [3.63, 3.8) is 0 Å². The molecule has 120 valence electrons. The summed E-state index contributed by atoms with van der Waals surface area (Å²) < 4.78 is 1.93. The Hall–Kier alpha value is -1.80. The van der Waals surface area contributed by atoms with E-state index in [1.54, 1.807) is 13.4 Å². The van der Waals surface area contributed by atoms with E-state index in [0.717, 1.165) is 32.7 Å².